The van der Waals surface area contributed by atoms with Crippen LogP contribution in [0.1, 0.15) is 16.7 Å². The second-order valence-corrected chi connectivity index (χ2v) is 7.36. The molecule has 0 bridgehead atoms. The van der Waals surface area contributed by atoms with Crippen molar-refractivity contribution in [1.29, 1.82) is 0 Å². The summed E-state index contributed by atoms with van der Waals surface area (Å²) < 4.78 is 17.3. The van der Waals surface area contributed by atoms with Crippen LogP contribution in [-0.2, 0) is 13.1 Å². The first kappa shape index (κ1) is 19.8. The third-order valence-corrected chi connectivity index (χ3v) is 4.72. The summed E-state index contributed by atoms with van der Waals surface area (Å²) in [5, 5.41) is 15.3. The highest BCUT2D eigenvalue weighted by atomic mass is 32.1. The Morgan fingerprint density at radius 3 is 2.10 bits per heavy atom. The fourth-order valence-electron chi connectivity index (χ4n) is 2.98. The maximum absolute atomic E-state index is 13.8. The van der Waals surface area contributed by atoms with Gasteiger partial charge in [-0.05, 0) is 30.8 Å². The zero-order chi connectivity index (χ0) is 20.9. The second-order valence-electron chi connectivity index (χ2n) is 6.95. The zero-order valence-corrected chi connectivity index (χ0v) is 17.2. The predicted molar refractivity (Wildman–Crippen MR) is 120 cm³/mol. The van der Waals surface area contributed by atoms with E-state index in [1.165, 1.54) is 17.2 Å². The van der Waals surface area contributed by atoms with Crippen LogP contribution in [0.2, 0.25) is 0 Å². The number of halogens is 1. The van der Waals surface area contributed by atoms with Crippen molar-refractivity contribution in [3.05, 3.63) is 95.6 Å². The maximum atomic E-state index is 13.8. The Hall–Kier alpha value is -3.52. The van der Waals surface area contributed by atoms with Crippen molar-refractivity contribution in [2.75, 3.05) is 10.6 Å². The SMILES string of the molecule is Cc1ccc(Cn2ccc(NC(=S)Nc3ccn(Cc4ccccc4F)n3)n2)cc1. The Bertz CT molecular complexity index is 1150. The minimum atomic E-state index is -0.249. The monoisotopic (exact) mass is 420 g/mol. The minimum absolute atomic E-state index is 0.249. The van der Waals surface area contributed by atoms with Gasteiger partial charge < -0.3 is 10.6 Å². The zero-order valence-electron chi connectivity index (χ0n) is 16.4. The van der Waals surface area contributed by atoms with E-state index in [-0.39, 0.29) is 5.82 Å². The lowest BCUT2D eigenvalue weighted by Crippen LogP contribution is -2.20. The summed E-state index contributed by atoms with van der Waals surface area (Å²) >= 11 is 5.35. The van der Waals surface area contributed by atoms with Crippen LogP contribution in [0.25, 0.3) is 0 Å². The summed E-state index contributed by atoms with van der Waals surface area (Å²) in [5.41, 5.74) is 2.98. The molecule has 0 aliphatic carbocycles. The van der Waals surface area contributed by atoms with Crippen LogP contribution in [0.3, 0.4) is 0 Å². The van der Waals surface area contributed by atoms with Gasteiger partial charge in [0.25, 0.3) is 0 Å². The molecule has 0 atom stereocenters. The molecule has 0 amide bonds. The summed E-state index contributed by atoms with van der Waals surface area (Å²) in [6.45, 7) is 3.09. The highest BCUT2D eigenvalue weighted by molar-refractivity contribution is 7.80. The molecular formula is C22H21FN6S. The van der Waals surface area contributed by atoms with Gasteiger partial charge in [0.05, 0.1) is 13.1 Å². The molecule has 2 aromatic carbocycles. The van der Waals surface area contributed by atoms with E-state index in [0.29, 0.717) is 35.4 Å². The molecule has 0 aliphatic rings. The molecular weight excluding hydrogens is 399 g/mol. The second kappa shape index (κ2) is 8.87. The quantitative estimate of drug-likeness (QED) is 0.452. The van der Waals surface area contributed by atoms with Gasteiger partial charge in [0.15, 0.2) is 16.7 Å². The highest BCUT2D eigenvalue weighted by Crippen LogP contribution is 2.11. The van der Waals surface area contributed by atoms with E-state index in [1.54, 1.807) is 35.1 Å². The topological polar surface area (TPSA) is 59.7 Å². The van der Waals surface area contributed by atoms with Gasteiger partial charge in [-0.1, -0.05) is 48.0 Å². The third-order valence-electron chi connectivity index (χ3n) is 4.52. The van der Waals surface area contributed by atoms with Gasteiger partial charge in [0.1, 0.15) is 5.82 Å². The molecule has 2 N–H and O–H groups in total. The van der Waals surface area contributed by atoms with E-state index in [1.807, 2.05) is 16.9 Å². The van der Waals surface area contributed by atoms with Crippen molar-refractivity contribution in [2.24, 2.45) is 0 Å². The van der Waals surface area contributed by atoms with Crippen molar-refractivity contribution in [2.45, 2.75) is 20.0 Å². The first-order valence-electron chi connectivity index (χ1n) is 9.49. The first-order chi connectivity index (χ1) is 14.5. The van der Waals surface area contributed by atoms with Gasteiger partial charge in [-0.2, -0.15) is 10.2 Å². The van der Waals surface area contributed by atoms with E-state index in [0.717, 1.165) is 0 Å². The predicted octanol–water partition coefficient (Wildman–Crippen LogP) is 4.43. The van der Waals surface area contributed by atoms with E-state index < -0.39 is 0 Å². The molecule has 0 saturated heterocycles. The van der Waals surface area contributed by atoms with Crippen molar-refractivity contribution in [3.8, 4) is 0 Å². The van der Waals surface area contributed by atoms with Gasteiger partial charge in [0.2, 0.25) is 0 Å². The van der Waals surface area contributed by atoms with Gasteiger partial charge in [-0.15, -0.1) is 0 Å². The molecule has 0 unspecified atom stereocenters. The van der Waals surface area contributed by atoms with Crippen LogP contribution in [0, 0.1) is 12.7 Å². The van der Waals surface area contributed by atoms with Crippen LogP contribution in [0.4, 0.5) is 16.0 Å². The minimum Gasteiger partial charge on any atom is -0.316 e. The average molecular weight is 421 g/mol. The molecule has 6 nitrogen and oxygen atoms in total. The summed E-state index contributed by atoms with van der Waals surface area (Å²) in [4.78, 5) is 0. The number of aromatic nitrogens is 4. The fraction of sp³-hybridized carbons (Fsp3) is 0.136. The van der Waals surface area contributed by atoms with Gasteiger partial charge in [-0.25, -0.2) is 4.39 Å². The molecule has 0 aliphatic heterocycles. The molecule has 8 heteroatoms. The molecule has 0 saturated carbocycles. The first-order valence-corrected chi connectivity index (χ1v) is 9.90. The van der Waals surface area contributed by atoms with E-state index in [2.05, 4.69) is 52.0 Å². The Morgan fingerprint density at radius 1 is 0.867 bits per heavy atom. The standard InChI is InChI=1S/C22H21FN6S/c1-16-6-8-17(9-7-16)14-28-12-10-20(26-28)24-22(30)25-21-11-13-29(27-21)15-18-4-2-3-5-19(18)23/h2-13H,14-15H2,1H3,(H2,24,25,26,27,30). The number of hydrogen-bond acceptors (Lipinski definition) is 3. The van der Waals surface area contributed by atoms with Gasteiger partial charge >= 0.3 is 0 Å². The number of benzene rings is 2. The molecule has 0 fully saturated rings. The molecule has 152 valence electrons. The number of nitrogens with one attached hydrogen (secondary N) is 2. The molecule has 30 heavy (non-hydrogen) atoms. The van der Waals surface area contributed by atoms with E-state index >= 15 is 0 Å². The maximum Gasteiger partial charge on any atom is 0.177 e. The smallest absolute Gasteiger partial charge is 0.177 e. The summed E-state index contributed by atoms with van der Waals surface area (Å²) in [6.07, 6.45) is 3.67. The molecule has 4 aromatic rings. The molecule has 2 aromatic heterocycles. The number of anilines is 2. The van der Waals surface area contributed by atoms with Crippen LogP contribution < -0.4 is 10.6 Å². The number of thiocarbonyl (C=S) groups is 1. The summed E-state index contributed by atoms with van der Waals surface area (Å²) in [7, 11) is 0. The van der Waals surface area contributed by atoms with Crippen molar-refractivity contribution >= 4 is 29.0 Å². The summed E-state index contributed by atoms with van der Waals surface area (Å²) in [6, 6.07) is 18.6. The number of nitrogens with zero attached hydrogens (tertiary/aromatic N) is 4. The summed E-state index contributed by atoms with van der Waals surface area (Å²) in [5.74, 6) is 0.967. The normalized spacial score (nSPS) is 10.7. The third kappa shape index (κ3) is 5.09. The lowest BCUT2D eigenvalue weighted by molar-refractivity contribution is 0.586. The Balaban J connectivity index is 1.32. The highest BCUT2D eigenvalue weighted by Gasteiger charge is 2.07. The number of rotatable bonds is 6. The number of hydrogen-bond donors (Lipinski definition) is 2. The van der Waals surface area contributed by atoms with Gasteiger partial charge in [-0.3, -0.25) is 9.36 Å². The van der Waals surface area contributed by atoms with Crippen molar-refractivity contribution < 1.29 is 4.39 Å². The molecule has 0 spiro atoms. The largest absolute Gasteiger partial charge is 0.316 e. The Morgan fingerprint density at radius 2 is 1.47 bits per heavy atom. The van der Waals surface area contributed by atoms with Crippen molar-refractivity contribution in [1.82, 2.24) is 19.6 Å². The van der Waals surface area contributed by atoms with Crippen LogP contribution in [0.15, 0.2) is 73.1 Å². The van der Waals surface area contributed by atoms with Crippen LogP contribution >= 0.6 is 12.2 Å². The van der Waals surface area contributed by atoms with E-state index in [4.69, 9.17) is 12.2 Å². The Kier molecular flexibility index (Phi) is 5.85. The van der Waals surface area contributed by atoms with Gasteiger partial charge in [0, 0.05) is 30.1 Å². The average Bonchev–Trinajstić information content (AvgIpc) is 3.35. The fourth-order valence-corrected chi connectivity index (χ4v) is 3.19. The Labute approximate surface area is 179 Å². The van der Waals surface area contributed by atoms with Crippen LogP contribution in [0.5, 0.6) is 0 Å². The van der Waals surface area contributed by atoms with Crippen molar-refractivity contribution in [3.63, 3.8) is 0 Å². The lowest BCUT2D eigenvalue weighted by Gasteiger charge is -2.07. The van der Waals surface area contributed by atoms with E-state index in [9.17, 15) is 4.39 Å². The molecule has 0 radical (unpaired) electrons. The lowest BCUT2D eigenvalue weighted by atomic mass is 10.1. The molecule has 4 rings (SSSR count). The van der Waals surface area contributed by atoms with Crippen LogP contribution in [-0.4, -0.2) is 24.7 Å². The number of aryl methyl sites for hydroxylation is 1. The molecule has 2 heterocycles.